The zero-order chi connectivity index (χ0) is 9.80. The van der Waals surface area contributed by atoms with Crippen molar-refractivity contribution in [3.63, 3.8) is 0 Å². The van der Waals surface area contributed by atoms with E-state index in [-0.39, 0.29) is 6.10 Å². The molecule has 2 rings (SSSR count). The fourth-order valence-corrected chi connectivity index (χ4v) is 2.88. The maximum absolute atomic E-state index is 9.68. The maximum atomic E-state index is 9.68. The van der Waals surface area contributed by atoms with Gasteiger partial charge in [-0.05, 0) is 31.6 Å². The van der Waals surface area contributed by atoms with Gasteiger partial charge in [0.05, 0.1) is 6.10 Å². The Balaban J connectivity index is 1.65. The summed E-state index contributed by atoms with van der Waals surface area (Å²) in [6, 6.07) is 0.747. The fraction of sp³-hybridized carbons (Fsp3) is 1.00. The highest BCUT2D eigenvalue weighted by Crippen LogP contribution is 2.25. The third-order valence-corrected chi connectivity index (χ3v) is 3.89. The summed E-state index contributed by atoms with van der Waals surface area (Å²) in [6.07, 6.45) is 10.4. The minimum absolute atomic E-state index is 0.0221. The molecule has 2 heteroatoms. The minimum Gasteiger partial charge on any atom is -0.393 e. The first-order chi connectivity index (χ1) is 6.86. The van der Waals surface area contributed by atoms with Gasteiger partial charge in [-0.2, -0.15) is 0 Å². The molecule has 2 saturated carbocycles. The lowest BCUT2D eigenvalue weighted by atomic mass is 9.95. The highest BCUT2D eigenvalue weighted by molar-refractivity contribution is 4.80. The summed E-state index contributed by atoms with van der Waals surface area (Å²) in [5.41, 5.74) is 0. The van der Waals surface area contributed by atoms with Crippen molar-refractivity contribution in [3.8, 4) is 0 Å². The van der Waals surface area contributed by atoms with Gasteiger partial charge in [0.2, 0.25) is 0 Å². The van der Waals surface area contributed by atoms with Crippen LogP contribution in [0.2, 0.25) is 0 Å². The van der Waals surface area contributed by atoms with Crippen LogP contribution < -0.4 is 5.32 Å². The number of hydrogen-bond donors (Lipinski definition) is 2. The molecule has 2 atom stereocenters. The summed E-state index contributed by atoms with van der Waals surface area (Å²) < 4.78 is 0. The molecule has 0 saturated heterocycles. The number of rotatable bonds is 3. The molecular weight excluding hydrogens is 174 g/mol. The Kier molecular flexibility index (Phi) is 3.82. The molecule has 2 aliphatic rings. The molecule has 0 radical (unpaired) electrons. The van der Waals surface area contributed by atoms with Crippen LogP contribution in [0.1, 0.15) is 51.4 Å². The van der Waals surface area contributed by atoms with E-state index in [4.69, 9.17) is 0 Å². The quantitative estimate of drug-likeness (QED) is 0.726. The third-order valence-electron chi connectivity index (χ3n) is 3.89. The summed E-state index contributed by atoms with van der Waals surface area (Å²) in [5, 5.41) is 13.3. The van der Waals surface area contributed by atoms with Crippen LogP contribution in [-0.2, 0) is 0 Å². The van der Waals surface area contributed by atoms with E-state index in [0.29, 0.717) is 5.92 Å². The van der Waals surface area contributed by atoms with E-state index in [1.165, 1.54) is 44.9 Å². The molecule has 0 aromatic rings. The Morgan fingerprint density at radius 2 is 1.71 bits per heavy atom. The van der Waals surface area contributed by atoms with E-state index < -0.39 is 0 Å². The van der Waals surface area contributed by atoms with E-state index in [1.807, 2.05) is 0 Å². The monoisotopic (exact) mass is 197 g/mol. The van der Waals surface area contributed by atoms with Gasteiger partial charge < -0.3 is 10.4 Å². The first-order valence-electron chi connectivity index (χ1n) is 6.28. The zero-order valence-corrected chi connectivity index (χ0v) is 9.04. The van der Waals surface area contributed by atoms with Crippen molar-refractivity contribution >= 4 is 0 Å². The smallest absolute Gasteiger partial charge is 0.0580 e. The molecule has 82 valence electrons. The SMILES string of the molecule is OC1CCCC1CNC1CCCCC1. The van der Waals surface area contributed by atoms with E-state index in [9.17, 15) is 5.11 Å². The summed E-state index contributed by atoms with van der Waals surface area (Å²) in [4.78, 5) is 0. The predicted octanol–water partition coefficient (Wildman–Crippen LogP) is 2.07. The van der Waals surface area contributed by atoms with Gasteiger partial charge in [0.25, 0.3) is 0 Å². The lowest BCUT2D eigenvalue weighted by Crippen LogP contribution is -2.36. The van der Waals surface area contributed by atoms with E-state index in [0.717, 1.165) is 19.0 Å². The summed E-state index contributed by atoms with van der Waals surface area (Å²) in [6.45, 7) is 1.05. The molecule has 14 heavy (non-hydrogen) atoms. The number of aliphatic hydroxyl groups is 1. The van der Waals surface area contributed by atoms with Crippen LogP contribution in [0.25, 0.3) is 0 Å². The highest BCUT2D eigenvalue weighted by atomic mass is 16.3. The van der Waals surface area contributed by atoms with Gasteiger partial charge in [0, 0.05) is 12.6 Å². The Morgan fingerprint density at radius 3 is 2.36 bits per heavy atom. The average Bonchev–Trinajstić information content (AvgIpc) is 2.63. The van der Waals surface area contributed by atoms with E-state index in [1.54, 1.807) is 0 Å². The topological polar surface area (TPSA) is 32.3 Å². The minimum atomic E-state index is -0.0221. The first-order valence-corrected chi connectivity index (χ1v) is 6.28. The van der Waals surface area contributed by atoms with Gasteiger partial charge in [-0.3, -0.25) is 0 Å². The van der Waals surface area contributed by atoms with Crippen molar-refractivity contribution in [2.45, 2.75) is 63.5 Å². The largest absolute Gasteiger partial charge is 0.393 e. The zero-order valence-electron chi connectivity index (χ0n) is 9.04. The normalized spacial score (nSPS) is 34.9. The van der Waals surface area contributed by atoms with Crippen molar-refractivity contribution in [1.82, 2.24) is 5.32 Å². The molecule has 0 spiro atoms. The Hall–Kier alpha value is -0.0800. The summed E-state index contributed by atoms with van der Waals surface area (Å²) in [5.74, 6) is 0.539. The molecule has 0 aromatic heterocycles. The third kappa shape index (κ3) is 2.71. The van der Waals surface area contributed by atoms with Gasteiger partial charge in [0.15, 0.2) is 0 Å². The first kappa shape index (κ1) is 10.4. The second-order valence-electron chi connectivity index (χ2n) is 5.00. The second kappa shape index (κ2) is 5.13. The Morgan fingerprint density at radius 1 is 0.929 bits per heavy atom. The van der Waals surface area contributed by atoms with Gasteiger partial charge in [0.1, 0.15) is 0 Å². The van der Waals surface area contributed by atoms with E-state index in [2.05, 4.69) is 5.32 Å². The van der Waals surface area contributed by atoms with Gasteiger partial charge in [-0.25, -0.2) is 0 Å². The summed E-state index contributed by atoms with van der Waals surface area (Å²) in [7, 11) is 0. The van der Waals surface area contributed by atoms with Crippen LogP contribution in [0, 0.1) is 5.92 Å². The van der Waals surface area contributed by atoms with Crippen molar-refractivity contribution in [1.29, 1.82) is 0 Å². The predicted molar refractivity (Wildman–Crippen MR) is 58.2 cm³/mol. The molecule has 0 bridgehead atoms. The van der Waals surface area contributed by atoms with Crippen LogP contribution in [0.4, 0.5) is 0 Å². The Labute approximate surface area is 87.1 Å². The van der Waals surface area contributed by atoms with Crippen LogP contribution >= 0.6 is 0 Å². The van der Waals surface area contributed by atoms with Crippen LogP contribution in [-0.4, -0.2) is 23.8 Å². The molecule has 0 heterocycles. The van der Waals surface area contributed by atoms with Crippen molar-refractivity contribution < 1.29 is 5.11 Å². The average molecular weight is 197 g/mol. The molecule has 0 aromatic carbocycles. The Bertz CT molecular complexity index is 166. The van der Waals surface area contributed by atoms with Crippen molar-refractivity contribution in [3.05, 3.63) is 0 Å². The van der Waals surface area contributed by atoms with Crippen molar-refractivity contribution in [2.24, 2.45) is 5.92 Å². The lowest BCUT2D eigenvalue weighted by Gasteiger charge is -2.25. The fourth-order valence-electron chi connectivity index (χ4n) is 2.88. The van der Waals surface area contributed by atoms with Crippen LogP contribution in [0.15, 0.2) is 0 Å². The second-order valence-corrected chi connectivity index (χ2v) is 5.00. The van der Waals surface area contributed by atoms with Gasteiger partial charge >= 0.3 is 0 Å². The molecule has 2 fully saturated rings. The molecule has 2 aliphatic carbocycles. The molecular formula is C12H23NO. The van der Waals surface area contributed by atoms with Crippen LogP contribution in [0.5, 0.6) is 0 Å². The standard InChI is InChI=1S/C12H23NO/c14-12-8-4-5-10(12)9-13-11-6-2-1-3-7-11/h10-14H,1-9H2. The molecule has 2 nitrogen and oxygen atoms in total. The van der Waals surface area contributed by atoms with Crippen LogP contribution in [0.3, 0.4) is 0 Å². The molecule has 2 N–H and O–H groups in total. The molecule has 0 amide bonds. The molecule has 2 unspecified atom stereocenters. The highest BCUT2D eigenvalue weighted by Gasteiger charge is 2.25. The maximum Gasteiger partial charge on any atom is 0.0580 e. The molecule has 0 aliphatic heterocycles. The number of hydrogen-bond acceptors (Lipinski definition) is 2. The number of nitrogens with one attached hydrogen (secondary N) is 1. The van der Waals surface area contributed by atoms with Gasteiger partial charge in [-0.1, -0.05) is 25.7 Å². The van der Waals surface area contributed by atoms with E-state index >= 15 is 0 Å². The number of aliphatic hydroxyl groups excluding tert-OH is 1. The van der Waals surface area contributed by atoms with Gasteiger partial charge in [-0.15, -0.1) is 0 Å². The summed E-state index contributed by atoms with van der Waals surface area (Å²) >= 11 is 0. The lowest BCUT2D eigenvalue weighted by molar-refractivity contribution is 0.128. The van der Waals surface area contributed by atoms with Crippen molar-refractivity contribution in [2.75, 3.05) is 6.54 Å².